The van der Waals surface area contributed by atoms with Crippen LogP contribution < -0.4 is 15.1 Å². The van der Waals surface area contributed by atoms with Gasteiger partial charge in [-0.25, -0.2) is 0 Å². The standard InChI is InChI=1S/C13H23FO3SSi2/c1-17-10-8-13(20(5,6)7)11(18(14,15)16)9-12(10)19(2,3)4/h8-9H,1-7H3. The molecule has 0 fully saturated rings. The van der Waals surface area contributed by atoms with Gasteiger partial charge in [0.05, 0.1) is 28.2 Å². The Hall–Kier alpha value is -0.666. The fourth-order valence-corrected chi connectivity index (χ4v) is 6.94. The van der Waals surface area contributed by atoms with E-state index in [1.165, 1.54) is 6.07 Å². The van der Waals surface area contributed by atoms with E-state index in [0.29, 0.717) is 10.9 Å². The molecule has 0 spiro atoms. The molecule has 1 aromatic carbocycles. The van der Waals surface area contributed by atoms with Crippen molar-refractivity contribution in [3.8, 4) is 5.75 Å². The van der Waals surface area contributed by atoms with Crippen molar-refractivity contribution < 1.29 is 17.0 Å². The Balaban J connectivity index is 3.82. The summed E-state index contributed by atoms with van der Waals surface area (Å²) in [4.78, 5) is -0.171. The van der Waals surface area contributed by atoms with E-state index in [1.54, 1.807) is 13.2 Å². The van der Waals surface area contributed by atoms with Crippen LogP contribution in [0.2, 0.25) is 39.3 Å². The van der Waals surface area contributed by atoms with E-state index < -0.39 is 26.4 Å². The summed E-state index contributed by atoms with van der Waals surface area (Å²) in [5.74, 6) is 0.675. The molecule has 0 saturated heterocycles. The average molecular weight is 335 g/mol. The van der Waals surface area contributed by atoms with E-state index in [0.717, 1.165) is 5.19 Å². The normalized spacial score (nSPS) is 13.4. The summed E-state index contributed by atoms with van der Waals surface area (Å²) in [5, 5.41) is 1.41. The Labute approximate surface area is 123 Å². The summed E-state index contributed by atoms with van der Waals surface area (Å²) in [7, 11) is -6.99. The lowest BCUT2D eigenvalue weighted by molar-refractivity contribution is 0.418. The molecule has 0 aliphatic carbocycles. The van der Waals surface area contributed by atoms with Gasteiger partial charge in [0.25, 0.3) is 0 Å². The molecule has 0 aromatic heterocycles. The molecular formula is C13H23FO3SSi2. The molecule has 1 rings (SSSR count). The monoisotopic (exact) mass is 334 g/mol. The molecule has 0 heterocycles. The van der Waals surface area contributed by atoms with Crippen molar-refractivity contribution in [3.05, 3.63) is 12.1 Å². The zero-order valence-corrected chi connectivity index (χ0v) is 16.0. The molecule has 1 aromatic rings. The predicted octanol–water partition coefficient (Wildman–Crippen LogP) is 2.44. The van der Waals surface area contributed by atoms with Crippen LogP contribution in [0, 0.1) is 0 Å². The van der Waals surface area contributed by atoms with E-state index in [-0.39, 0.29) is 4.90 Å². The fraction of sp³-hybridized carbons (Fsp3) is 0.538. The van der Waals surface area contributed by atoms with E-state index in [9.17, 15) is 12.3 Å². The van der Waals surface area contributed by atoms with Crippen molar-refractivity contribution in [2.24, 2.45) is 0 Å². The molecule has 3 nitrogen and oxygen atoms in total. The molecule has 0 amide bonds. The highest BCUT2D eigenvalue weighted by molar-refractivity contribution is 7.86. The van der Waals surface area contributed by atoms with E-state index in [2.05, 4.69) is 19.6 Å². The molecular weight excluding hydrogens is 311 g/mol. The number of halogens is 1. The maximum absolute atomic E-state index is 13.7. The van der Waals surface area contributed by atoms with Crippen LogP contribution in [-0.2, 0) is 10.2 Å². The van der Waals surface area contributed by atoms with Crippen LogP contribution in [0.1, 0.15) is 0 Å². The van der Waals surface area contributed by atoms with Gasteiger partial charge < -0.3 is 4.74 Å². The Morgan fingerprint density at radius 2 is 1.40 bits per heavy atom. The summed E-state index contributed by atoms with van der Waals surface area (Å²) in [5.41, 5.74) is 0. The first-order valence-electron chi connectivity index (χ1n) is 6.46. The zero-order chi connectivity index (χ0) is 15.9. The van der Waals surface area contributed by atoms with Crippen molar-refractivity contribution in [2.75, 3.05) is 7.11 Å². The zero-order valence-electron chi connectivity index (χ0n) is 13.2. The molecule has 0 saturated carbocycles. The quantitative estimate of drug-likeness (QED) is 0.627. The van der Waals surface area contributed by atoms with Crippen molar-refractivity contribution in [1.82, 2.24) is 0 Å². The summed E-state index contributed by atoms with van der Waals surface area (Å²) in [6.07, 6.45) is 0. The third-order valence-electron chi connectivity index (χ3n) is 3.18. The van der Waals surface area contributed by atoms with Crippen molar-refractivity contribution in [1.29, 1.82) is 0 Å². The van der Waals surface area contributed by atoms with E-state index >= 15 is 0 Å². The molecule has 0 aliphatic heterocycles. The van der Waals surface area contributed by atoms with Crippen LogP contribution >= 0.6 is 0 Å². The van der Waals surface area contributed by atoms with E-state index in [4.69, 9.17) is 4.74 Å². The second-order valence-electron chi connectivity index (χ2n) is 6.99. The second kappa shape index (κ2) is 5.27. The third-order valence-corrected chi connectivity index (χ3v) is 8.26. The van der Waals surface area contributed by atoms with Gasteiger partial charge in [-0.15, -0.1) is 3.89 Å². The molecule has 0 bridgehead atoms. The highest BCUT2D eigenvalue weighted by Crippen LogP contribution is 2.21. The van der Waals surface area contributed by atoms with Crippen LogP contribution in [0.3, 0.4) is 0 Å². The molecule has 7 heteroatoms. The number of rotatable bonds is 4. The molecule has 0 atom stereocenters. The summed E-state index contributed by atoms with van der Waals surface area (Å²) < 4.78 is 42.1. The first-order chi connectivity index (χ1) is 8.78. The number of benzene rings is 1. The molecule has 0 aliphatic rings. The number of methoxy groups -OCH3 is 1. The molecule has 0 unspecified atom stereocenters. The Morgan fingerprint density at radius 1 is 0.950 bits per heavy atom. The lowest BCUT2D eigenvalue weighted by atomic mass is 10.3. The molecule has 0 radical (unpaired) electrons. The minimum Gasteiger partial charge on any atom is -0.497 e. The second-order valence-corrected chi connectivity index (χ2v) is 18.4. The van der Waals surface area contributed by atoms with Gasteiger partial charge in [-0.2, -0.15) is 8.42 Å². The number of hydrogen-bond donors (Lipinski definition) is 0. The first-order valence-corrected chi connectivity index (χ1v) is 14.8. The lowest BCUT2D eigenvalue weighted by Gasteiger charge is -2.26. The highest BCUT2D eigenvalue weighted by atomic mass is 32.3. The topological polar surface area (TPSA) is 43.4 Å². The van der Waals surface area contributed by atoms with Gasteiger partial charge in [-0.05, 0) is 22.5 Å². The van der Waals surface area contributed by atoms with Gasteiger partial charge in [0, 0.05) is 0 Å². The van der Waals surface area contributed by atoms with Crippen molar-refractivity contribution in [3.63, 3.8) is 0 Å². The van der Waals surface area contributed by atoms with Gasteiger partial charge in [0.2, 0.25) is 0 Å². The fourth-order valence-electron chi connectivity index (χ4n) is 2.10. The SMILES string of the molecule is COc1cc([Si](C)(C)C)c(S(=O)(=O)F)cc1[Si](C)(C)C. The first kappa shape index (κ1) is 17.4. The van der Waals surface area contributed by atoms with Crippen LogP contribution in [0.15, 0.2) is 17.0 Å². The lowest BCUT2D eigenvalue weighted by Crippen LogP contribution is -2.45. The summed E-state index contributed by atoms with van der Waals surface area (Å²) in [6, 6.07) is 3.22. The minimum absolute atomic E-state index is 0.171. The van der Waals surface area contributed by atoms with Crippen LogP contribution in [-0.4, -0.2) is 31.7 Å². The molecule has 20 heavy (non-hydrogen) atoms. The summed E-state index contributed by atoms with van der Waals surface area (Å²) in [6.45, 7) is 12.2. The summed E-state index contributed by atoms with van der Waals surface area (Å²) >= 11 is 0. The van der Waals surface area contributed by atoms with Gasteiger partial charge >= 0.3 is 10.2 Å². The average Bonchev–Trinajstić information content (AvgIpc) is 2.23. The van der Waals surface area contributed by atoms with E-state index in [1.807, 2.05) is 19.6 Å². The maximum Gasteiger partial charge on any atom is 0.331 e. The molecule has 0 N–H and O–H groups in total. The Morgan fingerprint density at radius 3 is 1.70 bits per heavy atom. The largest absolute Gasteiger partial charge is 0.497 e. The van der Waals surface area contributed by atoms with Crippen LogP contribution in [0.4, 0.5) is 3.89 Å². The Bertz CT molecular complexity index is 614. The van der Waals surface area contributed by atoms with Gasteiger partial charge in [-0.1, -0.05) is 39.3 Å². The predicted molar refractivity (Wildman–Crippen MR) is 87.2 cm³/mol. The van der Waals surface area contributed by atoms with Gasteiger partial charge in [0.1, 0.15) is 5.75 Å². The van der Waals surface area contributed by atoms with Crippen LogP contribution in [0.5, 0.6) is 5.75 Å². The van der Waals surface area contributed by atoms with Crippen molar-refractivity contribution in [2.45, 2.75) is 44.2 Å². The smallest absolute Gasteiger partial charge is 0.331 e. The Kier molecular flexibility index (Phi) is 4.58. The third kappa shape index (κ3) is 3.70. The maximum atomic E-state index is 13.7. The number of ether oxygens (including phenoxy) is 1. The van der Waals surface area contributed by atoms with Crippen molar-refractivity contribution >= 4 is 36.7 Å². The van der Waals surface area contributed by atoms with Crippen LogP contribution in [0.25, 0.3) is 0 Å². The molecule has 114 valence electrons. The number of hydrogen-bond acceptors (Lipinski definition) is 3. The van der Waals surface area contributed by atoms with Gasteiger partial charge in [0.15, 0.2) is 0 Å². The minimum atomic E-state index is -4.72. The highest BCUT2D eigenvalue weighted by Gasteiger charge is 2.32. The van der Waals surface area contributed by atoms with Gasteiger partial charge in [-0.3, -0.25) is 0 Å².